The number of hydrogen-bond acceptors (Lipinski definition) is 3. The molecule has 1 fully saturated rings. The largest absolute Gasteiger partial charge is 0.335 e. The van der Waals surface area contributed by atoms with Crippen LogP contribution in [0.1, 0.15) is 29.6 Å². The first kappa shape index (κ1) is 14.9. The molecular formula is C13H14BrFN2O3. The topological polar surface area (TPSA) is 63.4 Å². The van der Waals surface area contributed by atoms with Gasteiger partial charge < -0.3 is 4.90 Å². The van der Waals surface area contributed by atoms with Crippen molar-refractivity contribution in [2.24, 2.45) is 0 Å². The minimum Gasteiger partial charge on any atom is -0.335 e. The van der Waals surface area contributed by atoms with E-state index in [4.69, 9.17) is 0 Å². The van der Waals surface area contributed by atoms with Crippen molar-refractivity contribution >= 4 is 27.5 Å². The maximum Gasteiger partial charge on any atom is 0.285 e. The van der Waals surface area contributed by atoms with Crippen LogP contribution in [0, 0.1) is 15.9 Å². The summed E-state index contributed by atoms with van der Waals surface area (Å²) < 4.78 is 13.1. The van der Waals surface area contributed by atoms with E-state index in [0.29, 0.717) is 11.9 Å². The van der Waals surface area contributed by atoms with Gasteiger partial charge in [-0.2, -0.15) is 0 Å². The lowest BCUT2D eigenvalue weighted by molar-refractivity contribution is -0.385. The Morgan fingerprint density at radius 1 is 1.50 bits per heavy atom. The lowest BCUT2D eigenvalue weighted by Crippen LogP contribution is -2.45. The summed E-state index contributed by atoms with van der Waals surface area (Å²) in [4.78, 5) is 24.4. The van der Waals surface area contributed by atoms with Crippen LogP contribution in [0.15, 0.2) is 18.2 Å². The summed E-state index contributed by atoms with van der Waals surface area (Å²) in [5, 5.41) is 11.6. The van der Waals surface area contributed by atoms with Gasteiger partial charge in [-0.15, -0.1) is 0 Å². The van der Waals surface area contributed by atoms with Gasteiger partial charge in [0, 0.05) is 17.9 Å². The Kier molecular flexibility index (Phi) is 4.69. The van der Waals surface area contributed by atoms with Gasteiger partial charge in [-0.1, -0.05) is 15.9 Å². The first-order valence-corrected chi connectivity index (χ1v) is 7.47. The van der Waals surface area contributed by atoms with E-state index >= 15 is 0 Å². The minimum absolute atomic E-state index is 0.0516. The fourth-order valence-electron chi connectivity index (χ4n) is 2.23. The van der Waals surface area contributed by atoms with Crippen LogP contribution in [0.4, 0.5) is 10.1 Å². The van der Waals surface area contributed by atoms with E-state index in [2.05, 4.69) is 15.9 Å². The normalized spacial score (nSPS) is 14.7. The lowest BCUT2D eigenvalue weighted by Gasteiger charge is -2.37. The first-order chi connectivity index (χ1) is 9.54. The average molecular weight is 345 g/mol. The molecule has 0 N–H and O–H groups in total. The van der Waals surface area contributed by atoms with Crippen LogP contribution in [0.5, 0.6) is 0 Å². The van der Waals surface area contributed by atoms with E-state index in [9.17, 15) is 19.3 Å². The molecule has 0 saturated heterocycles. The van der Waals surface area contributed by atoms with E-state index in [1.165, 1.54) is 6.07 Å². The third-order valence-corrected chi connectivity index (χ3v) is 3.84. The van der Waals surface area contributed by atoms with E-state index in [1.54, 1.807) is 4.90 Å². The summed E-state index contributed by atoms with van der Waals surface area (Å²) >= 11 is 3.28. The van der Waals surface area contributed by atoms with Crippen molar-refractivity contribution in [1.82, 2.24) is 4.90 Å². The molecule has 0 aliphatic heterocycles. The number of carbonyl (C=O) groups is 1. The van der Waals surface area contributed by atoms with E-state index in [1.807, 2.05) is 0 Å². The summed E-state index contributed by atoms with van der Waals surface area (Å²) in [5.41, 5.74) is -0.529. The van der Waals surface area contributed by atoms with Crippen molar-refractivity contribution in [1.29, 1.82) is 0 Å². The number of carbonyl (C=O) groups excluding carboxylic acids is 1. The highest BCUT2D eigenvalue weighted by molar-refractivity contribution is 9.09. The second-order valence-electron chi connectivity index (χ2n) is 4.69. The Balaban J connectivity index is 2.33. The number of benzene rings is 1. The van der Waals surface area contributed by atoms with Crippen LogP contribution in [0.3, 0.4) is 0 Å². The second-order valence-corrected chi connectivity index (χ2v) is 5.48. The zero-order chi connectivity index (χ0) is 14.7. The van der Waals surface area contributed by atoms with Crippen molar-refractivity contribution in [2.45, 2.75) is 25.3 Å². The predicted octanol–water partition coefficient (Wildman–Crippen LogP) is 3.12. The summed E-state index contributed by atoms with van der Waals surface area (Å²) in [7, 11) is 0. The van der Waals surface area contributed by atoms with E-state index < -0.39 is 22.3 Å². The first-order valence-electron chi connectivity index (χ1n) is 6.35. The number of alkyl halides is 1. The standard InChI is InChI=1S/C13H14BrFN2O3/c14-6-7-16(10-2-1-3-10)13(18)11-5-4-9(15)8-12(11)17(19)20/h4-5,8,10H,1-3,6-7H2. The van der Waals surface area contributed by atoms with Gasteiger partial charge in [-0.05, 0) is 31.4 Å². The van der Waals surface area contributed by atoms with Crippen molar-refractivity contribution in [3.05, 3.63) is 39.7 Å². The van der Waals surface area contributed by atoms with Crippen LogP contribution in [-0.4, -0.2) is 33.6 Å². The van der Waals surface area contributed by atoms with Gasteiger partial charge in [0.05, 0.1) is 11.0 Å². The Bertz CT molecular complexity index is 534. The monoisotopic (exact) mass is 344 g/mol. The van der Waals surface area contributed by atoms with Crippen LogP contribution in [-0.2, 0) is 0 Å². The third-order valence-electron chi connectivity index (χ3n) is 3.49. The molecule has 0 unspecified atom stereocenters. The van der Waals surface area contributed by atoms with Gasteiger partial charge in [0.15, 0.2) is 0 Å². The van der Waals surface area contributed by atoms with Crippen LogP contribution in [0.2, 0.25) is 0 Å². The summed E-state index contributed by atoms with van der Waals surface area (Å²) in [6.07, 6.45) is 2.88. The molecule has 1 saturated carbocycles. The van der Waals surface area contributed by atoms with Crippen molar-refractivity contribution in [3.63, 3.8) is 0 Å². The molecule has 2 rings (SSSR count). The number of nitro benzene ring substituents is 1. The number of rotatable bonds is 5. The molecule has 108 valence electrons. The smallest absolute Gasteiger partial charge is 0.285 e. The molecule has 0 aromatic heterocycles. The average Bonchev–Trinajstić information content (AvgIpc) is 2.35. The maximum absolute atomic E-state index is 13.1. The summed E-state index contributed by atoms with van der Waals surface area (Å²) in [5.74, 6) is -1.12. The van der Waals surface area contributed by atoms with Gasteiger partial charge in [0.25, 0.3) is 11.6 Å². The quantitative estimate of drug-likeness (QED) is 0.468. The Hall–Kier alpha value is -1.50. The highest BCUT2D eigenvalue weighted by atomic mass is 79.9. The predicted molar refractivity (Wildman–Crippen MR) is 75.5 cm³/mol. The lowest BCUT2D eigenvalue weighted by atomic mass is 9.91. The van der Waals surface area contributed by atoms with Crippen LogP contribution < -0.4 is 0 Å². The molecule has 0 bridgehead atoms. The van der Waals surface area contributed by atoms with Gasteiger partial charge in [0.1, 0.15) is 11.4 Å². The van der Waals surface area contributed by atoms with E-state index in [0.717, 1.165) is 31.4 Å². The highest BCUT2D eigenvalue weighted by Gasteiger charge is 2.32. The molecule has 5 nitrogen and oxygen atoms in total. The highest BCUT2D eigenvalue weighted by Crippen LogP contribution is 2.28. The molecule has 0 radical (unpaired) electrons. The molecule has 20 heavy (non-hydrogen) atoms. The second kappa shape index (κ2) is 6.30. The van der Waals surface area contributed by atoms with Crippen molar-refractivity contribution < 1.29 is 14.1 Å². The minimum atomic E-state index is -0.719. The maximum atomic E-state index is 13.1. The number of amides is 1. The Morgan fingerprint density at radius 3 is 2.70 bits per heavy atom. The molecule has 0 atom stereocenters. The molecule has 0 spiro atoms. The fraction of sp³-hybridized carbons (Fsp3) is 0.462. The molecule has 0 heterocycles. The van der Waals surface area contributed by atoms with Gasteiger partial charge in [-0.3, -0.25) is 14.9 Å². The van der Waals surface area contributed by atoms with Crippen LogP contribution >= 0.6 is 15.9 Å². The van der Waals surface area contributed by atoms with Crippen molar-refractivity contribution in [3.8, 4) is 0 Å². The van der Waals surface area contributed by atoms with Crippen molar-refractivity contribution in [2.75, 3.05) is 11.9 Å². The molecular weight excluding hydrogens is 331 g/mol. The SMILES string of the molecule is O=C(c1ccc(F)cc1[N+](=O)[O-])N(CCBr)C1CCC1. The Morgan fingerprint density at radius 2 is 2.20 bits per heavy atom. The molecule has 1 amide bonds. The fourth-order valence-corrected chi connectivity index (χ4v) is 2.61. The molecule has 1 aromatic carbocycles. The molecule has 7 heteroatoms. The number of hydrogen-bond donors (Lipinski definition) is 0. The zero-order valence-corrected chi connectivity index (χ0v) is 12.3. The van der Waals surface area contributed by atoms with Crippen LogP contribution in [0.25, 0.3) is 0 Å². The molecule has 1 aliphatic carbocycles. The zero-order valence-electron chi connectivity index (χ0n) is 10.7. The number of halogens is 2. The van der Waals surface area contributed by atoms with Gasteiger partial charge in [-0.25, -0.2) is 4.39 Å². The molecule has 1 aliphatic rings. The third kappa shape index (κ3) is 2.98. The number of nitrogens with zero attached hydrogens (tertiary/aromatic N) is 2. The Labute approximate surface area is 124 Å². The van der Waals surface area contributed by atoms with E-state index in [-0.39, 0.29) is 11.6 Å². The van der Waals surface area contributed by atoms with Gasteiger partial charge in [0.2, 0.25) is 0 Å². The summed E-state index contributed by atoms with van der Waals surface area (Å²) in [6, 6.07) is 3.19. The molecule has 1 aromatic rings. The number of nitro groups is 1. The van der Waals surface area contributed by atoms with Gasteiger partial charge >= 0.3 is 0 Å². The summed E-state index contributed by atoms with van der Waals surface area (Å²) in [6.45, 7) is 0.484.